The number of benzene rings is 1. The van der Waals surface area contributed by atoms with Crippen LogP contribution >= 0.6 is 11.8 Å². The minimum Gasteiger partial charge on any atom is -0.493 e. The summed E-state index contributed by atoms with van der Waals surface area (Å²) in [7, 11) is 1.69. The molecule has 0 aromatic heterocycles. The highest BCUT2D eigenvalue weighted by atomic mass is 32.2. The van der Waals surface area contributed by atoms with Gasteiger partial charge < -0.3 is 14.8 Å². The van der Waals surface area contributed by atoms with Gasteiger partial charge in [0, 0.05) is 11.8 Å². The van der Waals surface area contributed by atoms with E-state index in [0.717, 1.165) is 30.2 Å². The van der Waals surface area contributed by atoms with Gasteiger partial charge in [-0.3, -0.25) is 0 Å². The summed E-state index contributed by atoms with van der Waals surface area (Å²) in [6, 6.07) is 6.49. The smallest absolute Gasteiger partial charge is 0.161 e. The highest BCUT2D eigenvalue weighted by Gasteiger charge is 2.10. The normalized spacial score (nSPS) is 12.2. The van der Waals surface area contributed by atoms with Crippen LogP contribution in [0.5, 0.6) is 11.5 Å². The average Bonchev–Trinajstić information content (AvgIpc) is 2.45. The summed E-state index contributed by atoms with van der Waals surface area (Å²) in [5.74, 6) is 2.62. The Hall–Kier alpha value is -0.870. The van der Waals surface area contributed by atoms with Gasteiger partial charge in [0.05, 0.1) is 13.7 Å². The van der Waals surface area contributed by atoms with Crippen LogP contribution in [-0.4, -0.2) is 32.3 Å². The molecular weight excluding hydrogens is 258 g/mol. The minimum atomic E-state index is 0.328. The SMILES string of the molecule is CCCNC(C)c1ccc(OCCSC)c(OC)c1. The average molecular weight is 283 g/mol. The second-order valence-electron chi connectivity index (χ2n) is 4.43. The van der Waals surface area contributed by atoms with Crippen molar-refractivity contribution in [3.63, 3.8) is 0 Å². The summed E-state index contributed by atoms with van der Waals surface area (Å²) in [6.45, 7) is 6.07. The van der Waals surface area contributed by atoms with Crippen molar-refractivity contribution in [2.75, 3.05) is 32.3 Å². The van der Waals surface area contributed by atoms with Crippen LogP contribution in [0.15, 0.2) is 18.2 Å². The zero-order chi connectivity index (χ0) is 14.1. The molecule has 0 heterocycles. The van der Waals surface area contributed by atoms with Crippen molar-refractivity contribution in [3.8, 4) is 11.5 Å². The molecule has 0 amide bonds. The lowest BCUT2D eigenvalue weighted by Gasteiger charge is -2.16. The summed E-state index contributed by atoms with van der Waals surface area (Å²) >= 11 is 1.78. The van der Waals surface area contributed by atoms with Gasteiger partial charge in [-0.2, -0.15) is 11.8 Å². The quantitative estimate of drug-likeness (QED) is 0.703. The van der Waals surface area contributed by atoms with E-state index in [2.05, 4.69) is 37.6 Å². The Morgan fingerprint density at radius 3 is 2.74 bits per heavy atom. The van der Waals surface area contributed by atoms with Crippen molar-refractivity contribution in [2.24, 2.45) is 0 Å². The molecule has 1 unspecified atom stereocenters. The maximum Gasteiger partial charge on any atom is 0.161 e. The summed E-state index contributed by atoms with van der Waals surface area (Å²) in [5.41, 5.74) is 1.22. The first-order valence-electron chi connectivity index (χ1n) is 6.76. The fraction of sp³-hybridized carbons (Fsp3) is 0.600. The van der Waals surface area contributed by atoms with Crippen LogP contribution in [0.25, 0.3) is 0 Å². The molecule has 3 nitrogen and oxygen atoms in total. The van der Waals surface area contributed by atoms with Crippen LogP contribution in [-0.2, 0) is 0 Å². The van der Waals surface area contributed by atoms with E-state index in [9.17, 15) is 0 Å². The number of rotatable bonds is 9. The Balaban J connectivity index is 2.71. The number of hydrogen-bond donors (Lipinski definition) is 1. The van der Waals surface area contributed by atoms with Gasteiger partial charge >= 0.3 is 0 Å². The molecule has 1 aromatic carbocycles. The topological polar surface area (TPSA) is 30.5 Å². The molecular formula is C15H25NO2S. The van der Waals surface area contributed by atoms with Gasteiger partial charge in [0.1, 0.15) is 0 Å². The molecule has 0 aliphatic carbocycles. The van der Waals surface area contributed by atoms with Crippen LogP contribution in [0.1, 0.15) is 31.9 Å². The molecule has 0 spiro atoms. The third-order valence-corrected chi connectivity index (χ3v) is 3.51. The van der Waals surface area contributed by atoms with Gasteiger partial charge in [0.15, 0.2) is 11.5 Å². The molecule has 1 atom stereocenters. The molecule has 1 aromatic rings. The van der Waals surface area contributed by atoms with E-state index in [-0.39, 0.29) is 0 Å². The third kappa shape index (κ3) is 5.33. The Kier molecular flexibility index (Phi) is 7.75. The monoisotopic (exact) mass is 283 g/mol. The van der Waals surface area contributed by atoms with Gasteiger partial charge in [0.2, 0.25) is 0 Å². The number of nitrogens with one attached hydrogen (secondary N) is 1. The fourth-order valence-corrected chi connectivity index (χ4v) is 2.04. The maximum absolute atomic E-state index is 5.72. The van der Waals surface area contributed by atoms with Gasteiger partial charge in [-0.25, -0.2) is 0 Å². The van der Waals surface area contributed by atoms with Crippen molar-refractivity contribution >= 4 is 11.8 Å². The van der Waals surface area contributed by atoms with Gasteiger partial charge in [0.25, 0.3) is 0 Å². The summed E-state index contributed by atoms with van der Waals surface area (Å²) in [5, 5.41) is 3.47. The predicted molar refractivity (Wildman–Crippen MR) is 83.6 cm³/mol. The molecule has 0 bridgehead atoms. The van der Waals surface area contributed by atoms with Crippen molar-refractivity contribution in [2.45, 2.75) is 26.3 Å². The number of hydrogen-bond acceptors (Lipinski definition) is 4. The molecule has 1 rings (SSSR count). The highest BCUT2D eigenvalue weighted by Crippen LogP contribution is 2.30. The standard InChI is InChI=1S/C15H25NO2S/c1-5-8-16-12(2)13-6-7-14(15(11-13)17-3)18-9-10-19-4/h6-7,11-12,16H,5,8-10H2,1-4H3. The molecule has 0 aliphatic rings. The number of methoxy groups -OCH3 is 1. The predicted octanol–water partition coefficient (Wildman–Crippen LogP) is 3.50. The van der Waals surface area contributed by atoms with Crippen molar-refractivity contribution in [3.05, 3.63) is 23.8 Å². The molecule has 0 aliphatic heterocycles. The van der Waals surface area contributed by atoms with Crippen molar-refractivity contribution in [1.82, 2.24) is 5.32 Å². The maximum atomic E-state index is 5.72. The lowest BCUT2D eigenvalue weighted by molar-refractivity contribution is 0.313. The van der Waals surface area contributed by atoms with Crippen molar-refractivity contribution < 1.29 is 9.47 Å². The third-order valence-electron chi connectivity index (χ3n) is 2.93. The second kappa shape index (κ2) is 9.10. The van der Waals surface area contributed by atoms with Crippen LogP contribution in [0.4, 0.5) is 0 Å². The lowest BCUT2D eigenvalue weighted by atomic mass is 10.1. The first-order chi connectivity index (χ1) is 9.22. The molecule has 0 radical (unpaired) electrons. The minimum absolute atomic E-state index is 0.328. The van der Waals surface area contributed by atoms with Crippen LogP contribution in [0, 0.1) is 0 Å². The zero-order valence-corrected chi connectivity index (χ0v) is 13.2. The Labute approximate surface area is 121 Å². The molecule has 108 valence electrons. The van der Waals surface area contributed by atoms with Crippen LogP contribution < -0.4 is 14.8 Å². The Morgan fingerprint density at radius 2 is 2.11 bits per heavy atom. The molecule has 0 saturated heterocycles. The fourth-order valence-electron chi connectivity index (χ4n) is 1.79. The van der Waals surface area contributed by atoms with E-state index in [1.807, 2.05) is 6.07 Å². The molecule has 1 N–H and O–H groups in total. The molecule has 0 saturated carbocycles. The lowest BCUT2D eigenvalue weighted by Crippen LogP contribution is -2.19. The van der Waals surface area contributed by atoms with Crippen LogP contribution in [0.2, 0.25) is 0 Å². The second-order valence-corrected chi connectivity index (χ2v) is 5.41. The number of ether oxygens (including phenoxy) is 2. The Morgan fingerprint density at radius 1 is 1.32 bits per heavy atom. The van der Waals surface area contributed by atoms with Gasteiger partial charge in [-0.15, -0.1) is 0 Å². The van der Waals surface area contributed by atoms with Crippen LogP contribution in [0.3, 0.4) is 0 Å². The molecule has 0 fully saturated rings. The summed E-state index contributed by atoms with van der Waals surface area (Å²) in [4.78, 5) is 0. The van der Waals surface area contributed by atoms with Crippen molar-refractivity contribution in [1.29, 1.82) is 0 Å². The summed E-state index contributed by atoms with van der Waals surface area (Å²) in [6.07, 6.45) is 3.21. The zero-order valence-electron chi connectivity index (χ0n) is 12.4. The molecule has 19 heavy (non-hydrogen) atoms. The van der Waals surface area contributed by atoms with Gasteiger partial charge in [-0.05, 0) is 43.8 Å². The van der Waals surface area contributed by atoms with E-state index in [1.165, 1.54) is 5.56 Å². The van der Waals surface area contributed by atoms with Gasteiger partial charge in [-0.1, -0.05) is 13.0 Å². The van der Waals surface area contributed by atoms with E-state index in [1.54, 1.807) is 18.9 Å². The number of thioether (sulfide) groups is 1. The molecule has 4 heteroatoms. The van der Waals surface area contributed by atoms with E-state index < -0.39 is 0 Å². The largest absolute Gasteiger partial charge is 0.493 e. The summed E-state index contributed by atoms with van der Waals surface area (Å²) < 4.78 is 11.1. The Bertz CT molecular complexity index is 371. The van der Waals surface area contributed by atoms with E-state index in [4.69, 9.17) is 9.47 Å². The first kappa shape index (κ1) is 16.2. The first-order valence-corrected chi connectivity index (χ1v) is 8.15. The highest BCUT2D eigenvalue weighted by molar-refractivity contribution is 7.98. The van der Waals surface area contributed by atoms with E-state index in [0.29, 0.717) is 12.6 Å². The van der Waals surface area contributed by atoms with E-state index >= 15 is 0 Å².